The van der Waals surface area contributed by atoms with Crippen molar-refractivity contribution in [2.45, 2.75) is 25.8 Å². The number of hydrogen-bond donors (Lipinski definition) is 1. The molecule has 3 aromatic heterocycles. The second-order valence-corrected chi connectivity index (χ2v) is 10.5. The van der Waals surface area contributed by atoms with Crippen molar-refractivity contribution in [3.8, 4) is 11.3 Å². The zero-order chi connectivity index (χ0) is 22.0. The van der Waals surface area contributed by atoms with Crippen LogP contribution in [0.1, 0.15) is 18.4 Å². The van der Waals surface area contributed by atoms with Crippen LogP contribution in [0.2, 0.25) is 0 Å². The van der Waals surface area contributed by atoms with Crippen LogP contribution in [0.5, 0.6) is 0 Å². The number of nitrogens with one attached hydrogen (secondary N) is 1. The molecule has 1 aromatic carbocycles. The first-order valence-corrected chi connectivity index (χ1v) is 12.7. The molecule has 1 N–H and O–H groups in total. The second kappa shape index (κ2) is 8.88. The lowest BCUT2D eigenvalue weighted by atomic mass is 9.98. The Morgan fingerprint density at radius 3 is 2.59 bits per heavy atom. The highest BCUT2D eigenvalue weighted by atomic mass is 32.2. The van der Waals surface area contributed by atoms with Crippen molar-refractivity contribution in [3.05, 3.63) is 72.7 Å². The van der Waals surface area contributed by atoms with Crippen molar-refractivity contribution in [1.82, 2.24) is 24.1 Å². The van der Waals surface area contributed by atoms with Crippen molar-refractivity contribution < 1.29 is 8.42 Å². The summed E-state index contributed by atoms with van der Waals surface area (Å²) in [5.74, 6) is 0.633. The van der Waals surface area contributed by atoms with Gasteiger partial charge in [0.25, 0.3) is 0 Å². The minimum atomic E-state index is -3.22. The Morgan fingerprint density at radius 1 is 1.03 bits per heavy atom. The largest absolute Gasteiger partial charge is 0.346 e. The molecular formula is C24H27N5O2S. The van der Waals surface area contributed by atoms with Crippen LogP contribution in [0.15, 0.2) is 67.1 Å². The van der Waals surface area contributed by atoms with Gasteiger partial charge in [-0.15, -0.1) is 0 Å². The van der Waals surface area contributed by atoms with Crippen LogP contribution in [0.3, 0.4) is 0 Å². The van der Waals surface area contributed by atoms with Gasteiger partial charge in [0, 0.05) is 37.6 Å². The minimum Gasteiger partial charge on any atom is -0.346 e. The highest BCUT2D eigenvalue weighted by molar-refractivity contribution is 7.89. The quantitative estimate of drug-likeness (QED) is 0.466. The molecule has 0 spiro atoms. The van der Waals surface area contributed by atoms with Crippen LogP contribution in [0.4, 0.5) is 0 Å². The fourth-order valence-corrected chi connectivity index (χ4v) is 5.97. The van der Waals surface area contributed by atoms with E-state index in [1.165, 1.54) is 0 Å². The first-order chi connectivity index (χ1) is 15.6. The van der Waals surface area contributed by atoms with Crippen LogP contribution in [0, 0.1) is 5.92 Å². The molecule has 4 heterocycles. The number of rotatable bonds is 7. The van der Waals surface area contributed by atoms with Gasteiger partial charge in [0.2, 0.25) is 10.0 Å². The Balaban J connectivity index is 1.19. The van der Waals surface area contributed by atoms with Crippen molar-refractivity contribution in [3.63, 3.8) is 0 Å². The Kier molecular flexibility index (Phi) is 5.80. The average Bonchev–Trinajstić information content (AvgIpc) is 3.49. The predicted octanol–water partition coefficient (Wildman–Crippen LogP) is 3.71. The average molecular weight is 450 g/mol. The van der Waals surface area contributed by atoms with E-state index in [1.807, 2.05) is 48.7 Å². The molecular weight excluding hydrogens is 422 g/mol. The van der Waals surface area contributed by atoms with E-state index in [9.17, 15) is 8.42 Å². The summed E-state index contributed by atoms with van der Waals surface area (Å²) >= 11 is 0. The van der Waals surface area contributed by atoms with Crippen LogP contribution in [0.25, 0.3) is 22.3 Å². The molecule has 0 bridgehead atoms. The Bertz CT molecular complexity index is 1270. The first kappa shape index (κ1) is 20.9. The zero-order valence-electron chi connectivity index (χ0n) is 17.9. The lowest BCUT2D eigenvalue weighted by Gasteiger charge is -2.31. The highest BCUT2D eigenvalue weighted by Gasteiger charge is 2.28. The van der Waals surface area contributed by atoms with E-state index in [1.54, 1.807) is 10.5 Å². The summed E-state index contributed by atoms with van der Waals surface area (Å²) in [7, 11) is -3.22. The first-order valence-electron chi connectivity index (χ1n) is 11.1. The normalized spacial score (nSPS) is 16.0. The number of piperidine rings is 1. The predicted molar refractivity (Wildman–Crippen MR) is 126 cm³/mol. The van der Waals surface area contributed by atoms with Crippen molar-refractivity contribution in [2.75, 3.05) is 18.8 Å². The molecule has 1 saturated heterocycles. The Morgan fingerprint density at radius 2 is 1.84 bits per heavy atom. The van der Waals surface area contributed by atoms with E-state index in [-0.39, 0.29) is 5.75 Å². The number of benzene rings is 1. The summed E-state index contributed by atoms with van der Waals surface area (Å²) in [5, 5.41) is 6.82. The fraction of sp³-hybridized carbons (Fsp3) is 0.333. The van der Waals surface area contributed by atoms with Gasteiger partial charge in [-0.3, -0.25) is 5.10 Å². The van der Waals surface area contributed by atoms with Crippen molar-refractivity contribution in [2.24, 2.45) is 5.92 Å². The maximum absolute atomic E-state index is 12.8. The van der Waals surface area contributed by atoms with E-state index in [0.717, 1.165) is 47.2 Å². The highest BCUT2D eigenvalue weighted by Crippen LogP contribution is 2.25. The summed E-state index contributed by atoms with van der Waals surface area (Å²) in [6.07, 6.45) is 8.02. The SMILES string of the molecule is O=S(=O)(CCc1ccccc1)N1CCC(Cn2ccc3nc(-c4cn[nH]c4)ccc32)CC1. The molecule has 1 aliphatic heterocycles. The molecule has 0 unspecified atom stereocenters. The Hall–Kier alpha value is -2.97. The monoisotopic (exact) mass is 449 g/mol. The molecule has 0 aliphatic carbocycles. The van der Waals surface area contributed by atoms with Crippen LogP contribution in [-0.4, -0.2) is 51.3 Å². The van der Waals surface area contributed by atoms with Gasteiger partial charge >= 0.3 is 0 Å². The van der Waals surface area contributed by atoms with Gasteiger partial charge in [-0.1, -0.05) is 30.3 Å². The zero-order valence-corrected chi connectivity index (χ0v) is 18.7. The molecule has 1 fully saturated rings. The Labute approximate surface area is 188 Å². The van der Waals surface area contributed by atoms with Gasteiger partial charge in [0.15, 0.2) is 0 Å². The van der Waals surface area contributed by atoms with E-state index in [4.69, 9.17) is 4.98 Å². The number of pyridine rings is 1. The third-order valence-electron chi connectivity index (χ3n) is 6.33. The number of aryl methyl sites for hydroxylation is 1. The summed E-state index contributed by atoms with van der Waals surface area (Å²) in [6, 6.07) is 16.0. The molecule has 4 aromatic rings. The molecule has 5 rings (SSSR count). The molecule has 0 saturated carbocycles. The van der Waals surface area contributed by atoms with Crippen molar-refractivity contribution in [1.29, 1.82) is 0 Å². The second-order valence-electron chi connectivity index (χ2n) is 8.45. The van der Waals surface area contributed by atoms with Gasteiger partial charge < -0.3 is 4.57 Å². The summed E-state index contributed by atoms with van der Waals surface area (Å²) < 4.78 is 29.5. The third kappa shape index (κ3) is 4.47. The lowest BCUT2D eigenvalue weighted by Crippen LogP contribution is -2.40. The van der Waals surface area contributed by atoms with Gasteiger partial charge in [-0.2, -0.15) is 5.10 Å². The fourth-order valence-electron chi connectivity index (χ4n) is 4.45. The number of H-pyrrole nitrogens is 1. The molecule has 0 radical (unpaired) electrons. The number of hydrogen-bond acceptors (Lipinski definition) is 4. The lowest BCUT2D eigenvalue weighted by molar-refractivity contribution is 0.255. The maximum Gasteiger partial charge on any atom is 0.214 e. The number of sulfonamides is 1. The van der Waals surface area contributed by atoms with Crippen LogP contribution < -0.4 is 0 Å². The van der Waals surface area contributed by atoms with Gasteiger partial charge in [0.05, 0.1) is 28.7 Å². The maximum atomic E-state index is 12.8. The molecule has 32 heavy (non-hydrogen) atoms. The van der Waals surface area contributed by atoms with E-state index < -0.39 is 10.0 Å². The minimum absolute atomic E-state index is 0.175. The topological polar surface area (TPSA) is 83.9 Å². The van der Waals surface area contributed by atoms with E-state index in [0.29, 0.717) is 25.4 Å². The summed E-state index contributed by atoms with van der Waals surface area (Å²) in [6.45, 7) is 2.09. The molecule has 0 amide bonds. The third-order valence-corrected chi connectivity index (χ3v) is 8.20. The number of aromatic amines is 1. The summed E-state index contributed by atoms with van der Waals surface area (Å²) in [4.78, 5) is 4.75. The summed E-state index contributed by atoms with van der Waals surface area (Å²) in [5.41, 5.74) is 5.01. The molecule has 8 heteroatoms. The molecule has 1 aliphatic rings. The van der Waals surface area contributed by atoms with Crippen LogP contribution >= 0.6 is 0 Å². The smallest absolute Gasteiger partial charge is 0.214 e. The van der Waals surface area contributed by atoms with E-state index in [2.05, 4.69) is 27.0 Å². The van der Waals surface area contributed by atoms with Gasteiger partial charge in [0.1, 0.15) is 0 Å². The van der Waals surface area contributed by atoms with Crippen molar-refractivity contribution >= 4 is 21.1 Å². The van der Waals surface area contributed by atoms with Crippen LogP contribution in [-0.2, 0) is 23.0 Å². The number of nitrogens with zero attached hydrogens (tertiary/aromatic N) is 4. The molecule has 0 atom stereocenters. The number of aromatic nitrogens is 4. The molecule has 166 valence electrons. The molecule has 7 nitrogen and oxygen atoms in total. The standard InChI is InChI=1S/C24H27N5O2S/c30-32(31,15-11-19-4-2-1-3-5-19)29-13-8-20(9-14-29)18-28-12-10-23-24(28)7-6-22(27-23)21-16-25-26-17-21/h1-7,10,12,16-17,20H,8-9,11,13-15,18H2,(H,25,26). The number of fused-ring (bicyclic) bond motifs is 1. The van der Waals surface area contributed by atoms with E-state index >= 15 is 0 Å². The van der Waals surface area contributed by atoms with Gasteiger partial charge in [-0.25, -0.2) is 17.7 Å². The van der Waals surface area contributed by atoms with Gasteiger partial charge in [-0.05, 0) is 48.9 Å².